The van der Waals surface area contributed by atoms with E-state index in [2.05, 4.69) is 5.16 Å². The number of alkyl halides is 2. The number of nitrogens with zero attached hydrogens (tertiary/aromatic N) is 1. The largest absolute Gasteiger partial charge is 0.411 e. The molecule has 0 spiro atoms. The van der Waals surface area contributed by atoms with Crippen LogP contribution in [0.4, 0.5) is 8.78 Å². The molecule has 0 aromatic carbocycles. The monoisotopic (exact) mass is 193 g/mol. The number of rotatable bonds is 1. The molecule has 2 atom stereocenters. The van der Waals surface area contributed by atoms with Gasteiger partial charge in [0.1, 0.15) is 5.83 Å². The fourth-order valence-electron chi connectivity index (χ4n) is 0.854. The predicted molar refractivity (Wildman–Crippen MR) is 41.8 cm³/mol. The second-order valence-electron chi connectivity index (χ2n) is 2.35. The van der Waals surface area contributed by atoms with Gasteiger partial charge in [-0.1, -0.05) is 11.6 Å². The van der Waals surface area contributed by atoms with Gasteiger partial charge in [0.05, 0.1) is 12.1 Å². The SMILES string of the molecule is O/N=C/C1C=C(F)C=CC1(F)Cl. The minimum Gasteiger partial charge on any atom is -0.411 e. The summed E-state index contributed by atoms with van der Waals surface area (Å²) in [5, 5.41) is 8.49. The maximum Gasteiger partial charge on any atom is 0.213 e. The van der Waals surface area contributed by atoms with E-state index in [1.54, 1.807) is 0 Å². The van der Waals surface area contributed by atoms with Crippen molar-refractivity contribution in [1.82, 2.24) is 0 Å². The first-order chi connectivity index (χ1) is 5.56. The summed E-state index contributed by atoms with van der Waals surface area (Å²) >= 11 is 5.32. The zero-order valence-electron chi connectivity index (χ0n) is 5.92. The van der Waals surface area contributed by atoms with Crippen molar-refractivity contribution in [1.29, 1.82) is 0 Å². The molecule has 1 aliphatic carbocycles. The smallest absolute Gasteiger partial charge is 0.213 e. The van der Waals surface area contributed by atoms with Gasteiger partial charge in [0.15, 0.2) is 0 Å². The van der Waals surface area contributed by atoms with E-state index in [0.717, 1.165) is 24.4 Å². The Kier molecular flexibility index (Phi) is 2.47. The molecule has 0 amide bonds. The van der Waals surface area contributed by atoms with E-state index in [1.165, 1.54) is 0 Å². The number of allylic oxidation sites excluding steroid dienone is 4. The van der Waals surface area contributed by atoms with E-state index in [9.17, 15) is 8.78 Å². The number of oxime groups is 1. The van der Waals surface area contributed by atoms with Crippen LogP contribution in [0, 0.1) is 5.92 Å². The van der Waals surface area contributed by atoms with Gasteiger partial charge < -0.3 is 5.21 Å². The second kappa shape index (κ2) is 3.23. The van der Waals surface area contributed by atoms with Gasteiger partial charge in [-0.05, 0) is 18.2 Å². The summed E-state index contributed by atoms with van der Waals surface area (Å²) in [6.45, 7) is 0. The van der Waals surface area contributed by atoms with Crippen LogP contribution in [-0.4, -0.2) is 16.5 Å². The average molecular weight is 194 g/mol. The van der Waals surface area contributed by atoms with E-state index in [-0.39, 0.29) is 0 Å². The molecule has 0 aromatic heterocycles. The van der Waals surface area contributed by atoms with Gasteiger partial charge in [-0.3, -0.25) is 0 Å². The van der Waals surface area contributed by atoms with Crippen molar-refractivity contribution in [3.63, 3.8) is 0 Å². The molecule has 1 aliphatic rings. The number of hydrogen-bond acceptors (Lipinski definition) is 2. The third kappa shape index (κ3) is 1.82. The first-order valence-corrected chi connectivity index (χ1v) is 3.56. The molecule has 1 N–H and O–H groups in total. The van der Waals surface area contributed by atoms with Gasteiger partial charge in [0, 0.05) is 0 Å². The average Bonchev–Trinajstić information content (AvgIpc) is 1.98. The molecular formula is C7H6ClF2NO. The Morgan fingerprint density at radius 2 is 2.42 bits per heavy atom. The Hall–Kier alpha value is -0.900. The van der Waals surface area contributed by atoms with Crippen LogP contribution in [0.2, 0.25) is 0 Å². The highest BCUT2D eigenvalue weighted by Gasteiger charge is 2.34. The number of halogens is 3. The van der Waals surface area contributed by atoms with Gasteiger partial charge in [-0.25, -0.2) is 8.78 Å². The van der Waals surface area contributed by atoms with E-state index in [4.69, 9.17) is 16.8 Å². The molecule has 0 saturated carbocycles. The van der Waals surface area contributed by atoms with Crippen molar-refractivity contribution in [2.45, 2.75) is 5.13 Å². The van der Waals surface area contributed by atoms with E-state index < -0.39 is 16.9 Å². The quantitative estimate of drug-likeness (QED) is 0.295. The molecule has 5 heteroatoms. The first kappa shape index (κ1) is 9.19. The summed E-state index contributed by atoms with van der Waals surface area (Å²) in [5.74, 6) is -1.68. The molecule has 0 bridgehead atoms. The maximum atomic E-state index is 13.2. The Balaban J connectivity index is 2.90. The van der Waals surface area contributed by atoms with Crippen molar-refractivity contribution >= 4 is 17.8 Å². The van der Waals surface area contributed by atoms with Gasteiger partial charge in [0.2, 0.25) is 5.13 Å². The molecule has 66 valence electrons. The summed E-state index contributed by atoms with van der Waals surface area (Å²) in [4.78, 5) is 0. The lowest BCUT2D eigenvalue weighted by Gasteiger charge is -2.21. The van der Waals surface area contributed by atoms with Crippen LogP contribution in [0.25, 0.3) is 0 Å². The van der Waals surface area contributed by atoms with E-state index in [1.807, 2.05) is 0 Å². The van der Waals surface area contributed by atoms with Crippen LogP contribution >= 0.6 is 11.6 Å². The van der Waals surface area contributed by atoms with Crippen LogP contribution in [0.5, 0.6) is 0 Å². The number of hydrogen-bond donors (Lipinski definition) is 1. The van der Waals surface area contributed by atoms with Crippen LogP contribution < -0.4 is 0 Å². The Bertz CT molecular complexity index is 260. The van der Waals surface area contributed by atoms with E-state index >= 15 is 0 Å². The lowest BCUT2D eigenvalue weighted by atomic mass is 9.99. The lowest BCUT2D eigenvalue weighted by molar-refractivity contribution is 0.291. The van der Waals surface area contributed by atoms with Crippen molar-refractivity contribution in [2.24, 2.45) is 11.1 Å². The zero-order valence-corrected chi connectivity index (χ0v) is 6.67. The Labute approximate surface area is 72.8 Å². The molecule has 12 heavy (non-hydrogen) atoms. The van der Waals surface area contributed by atoms with Gasteiger partial charge in [-0.15, -0.1) is 5.16 Å². The third-order valence-corrected chi connectivity index (χ3v) is 1.85. The molecule has 0 fully saturated rings. The van der Waals surface area contributed by atoms with Crippen molar-refractivity contribution < 1.29 is 14.0 Å². The third-order valence-electron chi connectivity index (χ3n) is 1.48. The highest BCUT2D eigenvalue weighted by atomic mass is 35.5. The summed E-state index contributed by atoms with van der Waals surface area (Å²) in [6.07, 6.45) is 3.56. The van der Waals surface area contributed by atoms with Crippen LogP contribution in [0.1, 0.15) is 0 Å². The second-order valence-corrected chi connectivity index (χ2v) is 2.93. The predicted octanol–water partition coefficient (Wildman–Crippen LogP) is 2.39. The van der Waals surface area contributed by atoms with Crippen LogP contribution in [0.15, 0.2) is 29.2 Å². The Morgan fingerprint density at radius 1 is 1.75 bits per heavy atom. The maximum absolute atomic E-state index is 13.2. The van der Waals surface area contributed by atoms with Crippen molar-refractivity contribution in [2.75, 3.05) is 0 Å². The fourth-order valence-corrected chi connectivity index (χ4v) is 1.04. The Morgan fingerprint density at radius 3 is 3.00 bits per heavy atom. The molecule has 0 aliphatic heterocycles. The van der Waals surface area contributed by atoms with Crippen molar-refractivity contribution in [3.8, 4) is 0 Å². The molecule has 0 heterocycles. The minimum absolute atomic E-state index is 0.603. The van der Waals surface area contributed by atoms with E-state index in [0.29, 0.717) is 0 Å². The first-order valence-electron chi connectivity index (χ1n) is 3.18. The van der Waals surface area contributed by atoms with Crippen LogP contribution in [-0.2, 0) is 0 Å². The van der Waals surface area contributed by atoms with Crippen LogP contribution in [0.3, 0.4) is 0 Å². The summed E-state index contributed by atoms with van der Waals surface area (Å²) in [7, 11) is 0. The molecule has 0 aromatic rings. The molecule has 0 radical (unpaired) electrons. The highest BCUT2D eigenvalue weighted by molar-refractivity contribution is 6.25. The molecule has 0 saturated heterocycles. The standard InChI is InChI=1S/C7H6ClF2NO/c8-7(10)2-1-6(9)3-5(7)4-11-12/h1-5,12H/b11-4+. The van der Waals surface area contributed by atoms with Crippen molar-refractivity contribution in [3.05, 3.63) is 24.1 Å². The molecule has 1 rings (SSSR count). The highest BCUT2D eigenvalue weighted by Crippen LogP contribution is 2.33. The van der Waals surface area contributed by atoms with Gasteiger partial charge in [0.25, 0.3) is 0 Å². The molecule has 2 unspecified atom stereocenters. The normalized spacial score (nSPS) is 35.6. The summed E-state index contributed by atoms with van der Waals surface area (Å²) < 4.78 is 25.7. The van der Waals surface area contributed by atoms with Gasteiger partial charge >= 0.3 is 0 Å². The lowest BCUT2D eigenvalue weighted by Crippen LogP contribution is -2.26. The topological polar surface area (TPSA) is 32.6 Å². The summed E-state index contributed by atoms with van der Waals surface area (Å²) in [6, 6.07) is 0. The zero-order chi connectivity index (χ0) is 9.19. The fraction of sp³-hybridized carbons (Fsp3) is 0.286. The molecule has 2 nitrogen and oxygen atoms in total. The minimum atomic E-state index is -2.21. The summed E-state index contributed by atoms with van der Waals surface area (Å²) in [5.41, 5.74) is 0. The van der Waals surface area contributed by atoms with Gasteiger partial charge in [-0.2, -0.15) is 0 Å². The molecular weight excluding hydrogens is 188 g/mol.